The summed E-state index contributed by atoms with van der Waals surface area (Å²) in [6, 6.07) is 63.6. The summed E-state index contributed by atoms with van der Waals surface area (Å²) >= 11 is 0. The third-order valence-corrected chi connectivity index (χ3v) is 10.8. The second-order valence-corrected chi connectivity index (χ2v) is 14.3. The van der Waals surface area contributed by atoms with Gasteiger partial charge in [-0.3, -0.25) is 0 Å². The van der Waals surface area contributed by atoms with Crippen LogP contribution in [0.3, 0.4) is 0 Å². The zero-order valence-corrected chi connectivity index (χ0v) is 28.6. The van der Waals surface area contributed by atoms with Gasteiger partial charge in [-0.25, -0.2) is 0 Å². The van der Waals surface area contributed by atoms with E-state index in [0.717, 1.165) is 28.6 Å². The summed E-state index contributed by atoms with van der Waals surface area (Å²) in [5.41, 5.74) is 8.61. The van der Waals surface area contributed by atoms with Crippen molar-refractivity contribution in [1.82, 2.24) is 0 Å². The first-order valence-electron chi connectivity index (χ1n) is 17.7. The van der Waals surface area contributed by atoms with Crippen LogP contribution in [0.2, 0.25) is 0 Å². The van der Waals surface area contributed by atoms with Gasteiger partial charge in [-0.05, 0) is 150 Å². The van der Waals surface area contributed by atoms with Gasteiger partial charge in [0.05, 0.1) is 0 Å². The number of fused-ring (bicyclic) bond motifs is 7. The summed E-state index contributed by atoms with van der Waals surface area (Å²) in [6.45, 7) is 4.72. The van der Waals surface area contributed by atoms with Gasteiger partial charge in [0.25, 0.3) is 0 Å². The molecule has 0 saturated heterocycles. The van der Waals surface area contributed by atoms with Gasteiger partial charge in [0, 0.05) is 22.5 Å². The van der Waals surface area contributed by atoms with Crippen LogP contribution in [0.4, 0.5) is 17.1 Å². The van der Waals surface area contributed by atoms with E-state index in [2.05, 4.69) is 164 Å². The summed E-state index contributed by atoms with van der Waals surface area (Å²) in [7, 11) is 0. The van der Waals surface area contributed by atoms with Crippen LogP contribution in [-0.2, 0) is 5.41 Å². The highest BCUT2D eigenvalue weighted by Crippen LogP contribution is 2.52. The Balaban J connectivity index is 1.09. The molecule has 0 aromatic heterocycles. The van der Waals surface area contributed by atoms with Gasteiger partial charge in [0.2, 0.25) is 0 Å². The van der Waals surface area contributed by atoms with Crippen LogP contribution in [0.15, 0.2) is 176 Å². The molecule has 1 aliphatic rings. The van der Waals surface area contributed by atoms with Gasteiger partial charge in [0.1, 0.15) is 11.5 Å². The van der Waals surface area contributed by atoms with Crippen molar-refractivity contribution in [2.24, 2.45) is 0 Å². The van der Waals surface area contributed by atoms with E-state index in [9.17, 15) is 0 Å². The van der Waals surface area contributed by atoms with E-state index in [4.69, 9.17) is 4.74 Å². The minimum atomic E-state index is -0.157. The number of anilines is 3. The lowest BCUT2D eigenvalue weighted by Crippen LogP contribution is -2.15. The van der Waals surface area contributed by atoms with Crippen molar-refractivity contribution in [1.29, 1.82) is 0 Å². The van der Waals surface area contributed by atoms with Gasteiger partial charge in [0.15, 0.2) is 0 Å². The maximum atomic E-state index is 6.20. The van der Waals surface area contributed by atoms with Crippen LogP contribution in [0.1, 0.15) is 25.0 Å². The van der Waals surface area contributed by atoms with E-state index in [1.165, 1.54) is 65.3 Å². The number of rotatable bonds is 5. The second-order valence-electron chi connectivity index (χ2n) is 14.3. The Bertz CT molecular complexity index is 2740. The Labute approximate surface area is 297 Å². The van der Waals surface area contributed by atoms with Crippen LogP contribution in [-0.4, -0.2) is 0 Å². The zero-order chi connectivity index (χ0) is 34.1. The van der Waals surface area contributed by atoms with Gasteiger partial charge in [-0.1, -0.05) is 105 Å². The van der Waals surface area contributed by atoms with Gasteiger partial charge in [-0.15, -0.1) is 0 Å². The maximum Gasteiger partial charge on any atom is 0.128 e. The third kappa shape index (κ3) is 4.94. The molecule has 0 unspecified atom stereocenters. The van der Waals surface area contributed by atoms with Crippen molar-refractivity contribution >= 4 is 60.2 Å². The molecule has 0 aliphatic heterocycles. The molecule has 0 N–H and O–H groups in total. The fourth-order valence-corrected chi connectivity index (χ4v) is 8.09. The average molecular weight is 654 g/mol. The summed E-state index contributed by atoms with van der Waals surface area (Å²) in [5.74, 6) is 1.69. The second kappa shape index (κ2) is 11.3. The summed E-state index contributed by atoms with van der Waals surface area (Å²) < 4.78 is 6.20. The van der Waals surface area contributed by atoms with E-state index in [0.29, 0.717) is 0 Å². The summed E-state index contributed by atoms with van der Waals surface area (Å²) in [4.78, 5) is 2.40. The first-order chi connectivity index (χ1) is 25.0. The van der Waals surface area contributed by atoms with Crippen LogP contribution < -0.4 is 9.64 Å². The van der Waals surface area contributed by atoms with Crippen molar-refractivity contribution in [3.05, 3.63) is 187 Å². The first kappa shape index (κ1) is 29.5. The Morgan fingerprint density at radius 1 is 0.353 bits per heavy atom. The zero-order valence-electron chi connectivity index (χ0n) is 28.6. The number of nitrogens with zero attached hydrogens (tertiary/aromatic N) is 1. The highest BCUT2D eigenvalue weighted by molar-refractivity contribution is 6.00. The lowest BCUT2D eigenvalue weighted by molar-refractivity contribution is 0.483. The van der Waals surface area contributed by atoms with E-state index >= 15 is 0 Å². The van der Waals surface area contributed by atoms with Gasteiger partial charge in [-0.2, -0.15) is 0 Å². The molecular formula is C49H35NO. The molecule has 9 aromatic rings. The van der Waals surface area contributed by atoms with Crippen LogP contribution in [0.25, 0.3) is 54.2 Å². The van der Waals surface area contributed by atoms with E-state index in [1.807, 2.05) is 30.3 Å². The standard InChI is InChI=1S/C49H35NO/c1-49(2)47-30-38-26-42(50(40-20-16-32-10-6-8-12-34(32)24-40)41-21-17-33-11-7-9-13-35(33)25-41)22-18-36(38)28-45(47)46-29-37-19-23-44(27-39(37)31-48(46)49)51-43-14-4-3-5-15-43/h3-31H,1-2H3. The average Bonchev–Trinajstić information content (AvgIpc) is 3.37. The molecule has 0 spiro atoms. The van der Waals surface area contributed by atoms with Crippen LogP contribution in [0.5, 0.6) is 11.5 Å². The number of hydrogen-bond acceptors (Lipinski definition) is 2. The smallest absolute Gasteiger partial charge is 0.128 e. The molecule has 9 aromatic carbocycles. The highest BCUT2D eigenvalue weighted by Gasteiger charge is 2.36. The molecule has 0 fully saturated rings. The fourth-order valence-electron chi connectivity index (χ4n) is 8.09. The number of hydrogen-bond donors (Lipinski definition) is 0. The molecular weight excluding hydrogens is 619 g/mol. The molecule has 51 heavy (non-hydrogen) atoms. The summed E-state index contributed by atoms with van der Waals surface area (Å²) in [5, 5.41) is 9.82. The minimum Gasteiger partial charge on any atom is -0.457 e. The predicted molar refractivity (Wildman–Crippen MR) is 215 cm³/mol. The molecule has 242 valence electrons. The normalized spacial score (nSPS) is 13.1. The van der Waals surface area contributed by atoms with Gasteiger partial charge >= 0.3 is 0 Å². The van der Waals surface area contributed by atoms with Crippen molar-refractivity contribution in [3.8, 4) is 22.6 Å². The number of benzene rings is 9. The van der Waals surface area contributed by atoms with Crippen molar-refractivity contribution in [2.45, 2.75) is 19.3 Å². The highest BCUT2D eigenvalue weighted by atomic mass is 16.5. The molecule has 0 atom stereocenters. The minimum absolute atomic E-state index is 0.157. The summed E-state index contributed by atoms with van der Waals surface area (Å²) in [6.07, 6.45) is 0. The first-order valence-corrected chi connectivity index (χ1v) is 17.7. The molecule has 0 saturated carbocycles. The van der Waals surface area contributed by atoms with E-state index in [1.54, 1.807) is 0 Å². The predicted octanol–water partition coefficient (Wildman–Crippen LogP) is 13.9. The molecule has 0 bridgehead atoms. The lowest BCUT2D eigenvalue weighted by atomic mass is 9.81. The number of para-hydroxylation sites is 1. The van der Waals surface area contributed by atoms with Crippen molar-refractivity contribution in [3.63, 3.8) is 0 Å². The molecule has 0 heterocycles. The molecule has 0 amide bonds. The largest absolute Gasteiger partial charge is 0.457 e. The molecule has 10 rings (SSSR count). The van der Waals surface area contributed by atoms with E-state index < -0.39 is 0 Å². The maximum absolute atomic E-state index is 6.20. The lowest BCUT2D eigenvalue weighted by Gasteiger charge is -2.27. The molecule has 0 radical (unpaired) electrons. The fraction of sp³-hybridized carbons (Fsp3) is 0.0612. The Hall–Kier alpha value is -6.38. The molecule has 1 aliphatic carbocycles. The Morgan fingerprint density at radius 2 is 0.784 bits per heavy atom. The van der Waals surface area contributed by atoms with Gasteiger partial charge < -0.3 is 9.64 Å². The van der Waals surface area contributed by atoms with Crippen molar-refractivity contribution < 1.29 is 4.74 Å². The quantitative estimate of drug-likeness (QED) is 0.183. The third-order valence-electron chi connectivity index (χ3n) is 10.8. The Kier molecular flexibility index (Phi) is 6.56. The SMILES string of the molecule is CC1(C)c2cc3cc(Oc4ccccc4)ccc3cc2-c2cc3ccc(N(c4ccc5ccccc5c4)c4ccc5ccccc5c4)cc3cc21. The Morgan fingerprint density at radius 3 is 1.35 bits per heavy atom. The van der Waals surface area contributed by atoms with Crippen LogP contribution in [0, 0.1) is 0 Å². The monoisotopic (exact) mass is 653 g/mol. The van der Waals surface area contributed by atoms with Crippen molar-refractivity contribution in [2.75, 3.05) is 4.90 Å². The molecule has 2 heteroatoms. The van der Waals surface area contributed by atoms with Crippen LogP contribution >= 0.6 is 0 Å². The number of ether oxygens (including phenoxy) is 1. The van der Waals surface area contributed by atoms with E-state index in [-0.39, 0.29) is 5.41 Å². The topological polar surface area (TPSA) is 12.5 Å². The molecule has 2 nitrogen and oxygen atoms in total.